The lowest BCUT2D eigenvalue weighted by Gasteiger charge is -2.11. The molecule has 0 saturated carbocycles. The molecule has 6 heteroatoms. The quantitative estimate of drug-likeness (QED) is 0.486. The van der Waals surface area contributed by atoms with Crippen LogP contribution in [0, 0.1) is 0 Å². The second kappa shape index (κ2) is 10.6. The lowest BCUT2D eigenvalue weighted by Crippen LogP contribution is -2.16. The topological polar surface area (TPSA) is 21.3 Å². The maximum Gasteiger partial charge on any atom is 0.147 e. The first-order chi connectivity index (χ1) is 10.6. The molecule has 0 heterocycles. The minimum Gasteiger partial charge on any atom is -0.492 e. The minimum atomic E-state index is 0. The largest absolute Gasteiger partial charge is 0.492 e. The van der Waals surface area contributed by atoms with Crippen LogP contribution in [-0.4, -0.2) is 13.2 Å². The molecule has 2 rings (SSSR count). The summed E-state index contributed by atoms with van der Waals surface area (Å²) in [5, 5.41) is 4.23. The van der Waals surface area contributed by atoms with E-state index in [1.165, 1.54) is 11.1 Å². The van der Waals surface area contributed by atoms with Gasteiger partial charge in [0.05, 0.1) is 15.6 Å². The maximum absolute atomic E-state index is 5.88. The van der Waals surface area contributed by atoms with E-state index in [-0.39, 0.29) is 12.4 Å². The third-order valence-electron chi connectivity index (χ3n) is 3.18. The van der Waals surface area contributed by atoms with Crippen molar-refractivity contribution in [1.82, 2.24) is 5.32 Å². The Morgan fingerprint density at radius 3 is 2.22 bits per heavy atom. The Balaban J connectivity index is 0.00000264. The summed E-state index contributed by atoms with van der Waals surface area (Å²) in [5.41, 5.74) is 2.49. The maximum atomic E-state index is 5.88. The molecule has 2 aromatic carbocycles. The summed E-state index contributed by atoms with van der Waals surface area (Å²) in [6, 6.07) is 12.2. The van der Waals surface area contributed by atoms with Crippen LogP contribution in [0.1, 0.15) is 18.1 Å². The van der Waals surface area contributed by atoms with Crippen molar-refractivity contribution < 1.29 is 4.74 Å². The van der Waals surface area contributed by atoms with Crippen LogP contribution < -0.4 is 10.1 Å². The Hall–Kier alpha value is -0.260. The van der Waals surface area contributed by atoms with Gasteiger partial charge in [0.1, 0.15) is 5.75 Å². The average molecular weight is 484 g/mol. The third kappa shape index (κ3) is 6.63. The normalized spacial score (nSPS) is 10.3. The molecule has 2 aromatic rings. The summed E-state index contributed by atoms with van der Waals surface area (Å²) < 4.78 is 7.53. The van der Waals surface area contributed by atoms with Crippen LogP contribution in [0.3, 0.4) is 0 Å². The molecule has 0 amide bonds. The predicted molar refractivity (Wildman–Crippen MR) is 107 cm³/mol. The Morgan fingerprint density at radius 2 is 1.65 bits per heavy atom. The lowest BCUT2D eigenvalue weighted by atomic mass is 10.1. The fourth-order valence-corrected chi connectivity index (χ4v) is 3.75. The summed E-state index contributed by atoms with van der Waals surface area (Å²) in [6.45, 7) is 4.36. The Morgan fingerprint density at radius 1 is 1.04 bits per heavy atom. The summed E-state index contributed by atoms with van der Waals surface area (Å²) >= 11 is 13.0. The van der Waals surface area contributed by atoms with Crippen molar-refractivity contribution >= 4 is 55.9 Å². The predicted octanol–water partition coefficient (Wildman–Crippen LogP) is 6.02. The monoisotopic (exact) mass is 481 g/mol. The van der Waals surface area contributed by atoms with Crippen LogP contribution in [0.2, 0.25) is 5.02 Å². The van der Waals surface area contributed by atoms with Gasteiger partial charge in [-0.2, -0.15) is 0 Å². The van der Waals surface area contributed by atoms with Gasteiger partial charge in [0.25, 0.3) is 0 Å². The number of benzene rings is 2. The first-order valence-corrected chi connectivity index (χ1v) is 9.12. The van der Waals surface area contributed by atoms with Gasteiger partial charge in [-0.15, -0.1) is 12.4 Å². The van der Waals surface area contributed by atoms with E-state index in [9.17, 15) is 0 Å². The molecule has 2 nitrogen and oxygen atoms in total. The van der Waals surface area contributed by atoms with E-state index in [1.807, 2.05) is 19.1 Å². The van der Waals surface area contributed by atoms with Crippen LogP contribution in [0.25, 0.3) is 0 Å². The molecule has 0 atom stereocenters. The number of halogens is 4. The number of ether oxygens (including phenoxy) is 1. The van der Waals surface area contributed by atoms with Crippen molar-refractivity contribution in [3.8, 4) is 5.75 Å². The molecule has 0 aromatic heterocycles. The van der Waals surface area contributed by atoms with E-state index >= 15 is 0 Å². The van der Waals surface area contributed by atoms with E-state index in [0.29, 0.717) is 6.61 Å². The highest BCUT2D eigenvalue weighted by atomic mass is 79.9. The molecule has 0 aliphatic carbocycles. The van der Waals surface area contributed by atoms with Crippen molar-refractivity contribution in [3.05, 3.63) is 61.5 Å². The second-order valence-electron chi connectivity index (χ2n) is 4.87. The van der Waals surface area contributed by atoms with Gasteiger partial charge >= 0.3 is 0 Å². The zero-order chi connectivity index (χ0) is 15.9. The summed E-state index contributed by atoms with van der Waals surface area (Å²) in [5.74, 6) is 0.854. The smallest absolute Gasteiger partial charge is 0.147 e. The van der Waals surface area contributed by atoms with Crippen molar-refractivity contribution in [2.75, 3.05) is 13.2 Å². The molecule has 0 spiro atoms. The van der Waals surface area contributed by atoms with Crippen LogP contribution >= 0.6 is 55.9 Å². The Labute approximate surface area is 165 Å². The van der Waals surface area contributed by atoms with Crippen molar-refractivity contribution in [2.24, 2.45) is 0 Å². The summed E-state index contributed by atoms with van der Waals surface area (Å²) in [4.78, 5) is 0. The van der Waals surface area contributed by atoms with E-state index in [4.69, 9.17) is 16.3 Å². The molecule has 0 aliphatic rings. The van der Waals surface area contributed by atoms with Crippen LogP contribution in [0.5, 0.6) is 5.75 Å². The second-order valence-corrected chi connectivity index (χ2v) is 7.02. The summed E-state index contributed by atoms with van der Waals surface area (Å²) in [6.07, 6.45) is 0.983. The highest BCUT2D eigenvalue weighted by molar-refractivity contribution is 9.11. The zero-order valence-corrected chi connectivity index (χ0v) is 17.5. The molecule has 0 saturated heterocycles. The number of rotatable bonds is 7. The number of nitrogens with one attached hydrogen (secondary N) is 1. The van der Waals surface area contributed by atoms with Crippen LogP contribution in [-0.2, 0) is 13.0 Å². The minimum absolute atomic E-state index is 0. The van der Waals surface area contributed by atoms with Gasteiger partial charge in [0.2, 0.25) is 0 Å². The fourth-order valence-electron chi connectivity index (χ4n) is 2.11. The molecule has 0 fully saturated rings. The first kappa shape index (κ1) is 20.8. The molecule has 0 unspecified atom stereocenters. The van der Waals surface area contributed by atoms with Crippen molar-refractivity contribution in [3.63, 3.8) is 0 Å². The van der Waals surface area contributed by atoms with Gasteiger partial charge in [-0.3, -0.25) is 0 Å². The van der Waals surface area contributed by atoms with Gasteiger partial charge in [-0.05, 0) is 87.1 Å². The highest BCUT2D eigenvalue weighted by Crippen LogP contribution is 2.34. The lowest BCUT2D eigenvalue weighted by molar-refractivity contribution is 0.336. The summed E-state index contributed by atoms with van der Waals surface area (Å²) in [7, 11) is 0. The number of hydrogen-bond donors (Lipinski definition) is 1. The first-order valence-electron chi connectivity index (χ1n) is 7.16. The van der Waals surface area contributed by atoms with Gasteiger partial charge < -0.3 is 10.1 Å². The number of hydrogen-bond acceptors (Lipinski definition) is 2. The molecule has 126 valence electrons. The third-order valence-corrected chi connectivity index (χ3v) is 4.61. The van der Waals surface area contributed by atoms with E-state index < -0.39 is 0 Å². The van der Waals surface area contributed by atoms with E-state index in [2.05, 4.69) is 61.4 Å². The average Bonchev–Trinajstić information content (AvgIpc) is 2.49. The molecular weight excluding hydrogens is 465 g/mol. The molecular formula is C17H19Br2Cl2NO. The standard InChI is InChI=1S/C17H18Br2ClNO.ClH/c1-2-22-17-15(18)9-13(10-16(17)19)11-21-8-7-12-3-5-14(20)6-4-12;/h3-6,9-10,21H,2,7-8,11H2,1H3;1H. The Bertz CT molecular complexity index is 597. The molecule has 0 radical (unpaired) electrons. The van der Waals surface area contributed by atoms with Crippen molar-refractivity contribution in [1.29, 1.82) is 0 Å². The zero-order valence-electron chi connectivity index (χ0n) is 12.7. The molecule has 23 heavy (non-hydrogen) atoms. The van der Waals surface area contributed by atoms with Crippen LogP contribution in [0.15, 0.2) is 45.3 Å². The SMILES string of the molecule is CCOc1c(Br)cc(CNCCc2ccc(Cl)cc2)cc1Br.Cl. The van der Waals surface area contributed by atoms with Gasteiger partial charge in [0, 0.05) is 11.6 Å². The molecule has 1 N–H and O–H groups in total. The fraction of sp³-hybridized carbons (Fsp3) is 0.294. The highest BCUT2D eigenvalue weighted by Gasteiger charge is 2.08. The van der Waals surface area contributed by atoms with Crippen LogP contribution in [0.4, 0.5) is 0 Å². The molecule has 0 bridgehead atoms. The van der Waals surface area contributed by atoms with Gasteiger partial charge in [-0.1, -0.05) is 23.7 Å². The van der Waals surface area contributed by atoms with Gasteiger partial charge in [-0.25, -0.2) is 0 Å². The van der Waals surface area contributed by atoms with Crippen molar-refractivity contribution in [2.45, 2.75) is 19.9 Å². The van der Waals surface area contributed by atoms with Gasteiger partial charge in [0.15, 0.2) is 0 Å². The Kier molecular flexibility index (Phi) is 9.55. The van der Waals surface area contributed by atoms with E-state index in [1.54, 1.807) is 0 Å². The van der Waals surface area contributed by atoms with E-state index in [0.717, 1.165) is 39.2 Å². The molecule has 0 aliphatic heterocycles.